The summed E-state index contributed by atoms with van der Waals surface area (Å²) in [5, 5.41) is 9.66. The van der Waals surface area contributed by atoms with Gasteiger partial charge in [-0.15, -0.1) is 0 Å². The molecule has 0 saturated carbocycles. The van der Waals surface area contributed by atoms with Crippen molar-refractivity contribution in [2.24, 2.45) is 0 Å². The van der Waals surface area contributed by atoms with Crippen LogP contribution in [0.3, 0.4) is 0 Å². The number of aromatic hydroxyl groups is 1. The SMILES string of the molecule is CN(Cc1cc(F)ccc1O)C1CCOCC1. The van der Waals surface area contributed by atoms with Crippen molar-refractivity contribution in [1.82, 2.24) is 4.90 Å². The van der Waals surface area contributed by atoms with E-state index in [2.05, 4.69) is 4.90 Å². The Morgan fingerprint density at radius 2 is 2.12 bits per heavy atom. The van der Waals surface area contributed by atoms with Gasteiger partial charge in [0.25, 0.3) is 0 Å². The van der Waals surface area contributed by atoms with Gasteiger partial charge in [0.2, 0.25) is 0 Å². The maximum absolute atomic E-state index is 13.1. The molecule has 0 unspecified atom stereocenters. The van der Waals surface area contributed by atoms with E-state index in [0.29, 0.717) is 18.2 Å². The molecule has 1 N–H and O–H groups in total. The molecule has 0 bridgehead atoms. The molecular formula is C13H18FNO2. The van der Waals surface area contributed by atoms with Crippen molar-refractivity contribution in [3.8, 4) is 5.75 Å². The van der Waals surface area contributed by atoms with E-state index in [1.807, 2.05) is 7.05 Å². The van der Waals surface area contributed by atoms with Crippen molar-refractivity contribution < 1.29 is 14.2 Å². The molecule has 0 amide bonds. The van der Waals surface area contributed by atoms with Crippen LogP contribution in [0.25, 0.3) is 0 Å². The zero-order valence-corrected chi connectivity index (χ0v) is 10.0. The molecule has 1 aromatic carbocycles. The predicted molar refractivity (Wildman–Crippen MR) is 63.4 cm³/mol. The lowest BCUT2D eigenvalue weighted by Gasteiger charge is -2.31. The number of phenolic OH excluding ortho intramolecular Hbond substituents is 1. The van der Waals surface area contributed by atoms with Crippen LogP contribution in [0.15, 0.2) is 18.2 Å². The molecule has 1 saturated heterocycles. The Morgan fingerprint density at radius 3 is 2.82 bits per heavy atom. The lowest BCUT2D eigenvalue weighted by Crippen LogP contribution is -2.36. The fraction of sp³-hybridized carbons (Fsp3) is 0.538. The van der Waals surface area contributed by atoms with Crippen LogP contribution in [0, 0.1) is 5.82 Å². The molecule has 1 aromatic rings. The first-order chi connectivity index (χ1) is 8.16. The highest BCUT2D eigenvalue weighted by molar-refractivity contribution is 5.32. The topological polar surface area (TPSA) is 32.7 Å². The van der Waals surface area contributed by atoms with Crippen LogP contribution in [0.5, 0.6) is 5.75 Å². The number of ether oxygens (including phenoxy) is 1. The molecule has 0 radical (unpaired) electrons. The summed E-state index contributed by atoms with van der Waals surface area (Å²) in [5.74, 6) is -0.150. The second-order valence-electron chi connectivity index (χ2n) is 4.53. The second-order valence-corrected chi connectivity index (χ2v) is 4.53. The molecule has 0 aromatic heterocycles. The summed E-state index contributed by atoms with van der Waals surface area (Å²) in [4.78, 5) is 2.15. The molecule has 0 aliphatic carbocycles. The first-order valence-corrected chi connectivity index (χ1v) is 5.92. The lowest BCUT2D eigenvalue weighted by atomic mass is 10.1. The molecule has 0 atom stereocenters. The fourth-order valence-electron chi connectivity index (χ4n) is 2.20. The van der Waals surface area contributed by atoms with Crippen molar-refractivity contribution >= 4 is 0 Å². The summed E-state index contributed by atoms with van der Waals surface area (Å²) >= 11 is 0. The smallest absolute Gasteiger partial charge is 0.123 e. The van der Waals surface area contributed by atoms with E-state index in [9.17, 15) is 9.50 Å². The third-order valence-electron chi connectivity index (χ3n) is 3.28. The van der Waals surface area contributed by atoms with Gasteiger partial charge in [0, 0.05) is 31.4 Å². The minimum absolute atomic E-state index is 0.158. The fourth-order valence-corrected chi connectivity index (χ4v) is 2.20. The number of hydrogen-bond acceptors (Lipinski definition) is 3. The Morgan fingerprint density at radius 1 is 1.41 bits per heavy atom. The highest BCUT2D eigenvalue weighted by Crippen LogP contribution is 2.22. The predicted octanol–water partition coefficient (Wildman–Crippen LogP) is 2.14. The lowest BCUT2D eigenvalue weighted by molar-refractivity contribution is 0.0405. The summed E-state index contributed by atoms with van der Waals surface area (Å²) in [5.41, 5.74) is 0.638. The average Bonchev–Trinajstić information content (AvgIpc) is 2.35. The third-order valence-corrected chi connectivity index (χ3v) is 3.28. The van der Waals surface area contributed by atoms with Gasteiger partial charge >= 0.3 is 0 Å². The van der Waals surface area contributed by atoms with Crippen LogP contribution in [0.1, 0.15) is 18.4 Å². The quantitative estimate of drug-likeness (QED) is 0.877. The number of halogens is 1. The van der Waals surface area contributed by atoms with E-state index >= 15 is 0 Å². The summed E-state index contributed by atoms with van der Waals surface area (Å²) in [7, 11) is 2.00. The molecule has 1 fully saturated rings. The summed E-state index contributed by atoms with van der Waals surface area (Å²) in [6, 6.07) is 4.52. The molecule has 0 spiro atoms. The zero-order chi connectivity index (χ0) is 12.3. The Bertz CT molecular complexity index is 378. The maximum atomic E-state index is 13.1. The highest BCUT2D eigenvalue weighted by Gasteiger charge is 2.19. The Hall–Kier alpha value is -1.13. The first-order valence-electron chi connectivity index (χ1n) is 5.92. The largest absolute Gasteiger partial charge is 0.508 e. The van der Waals surface area contributed by atoms with E-state index in [1.54, 1.807) is 0 Å². The van der Waals surface area contributed by atoms with Gasteiger partial charge in [-0.25, -0.2) is 4.39 Å². The Kier molecular flexibility index (Phi) is 3.97. The number of rotatable bonds is 3. The van der Waals surface area contributed by atoms with Crippen LogP contribution in [0.2, 0.25) is 0 Å². The second kappa shape index (κ2) is 5.47. The Labute approximate surface area is 101 Å². The third kappa shape index (κ3) is 3.17. The van der Waals surface area contributed by atoms with Crippen LogP contribution in [-0.2, 0) is 11.3 Å². The zero-order valence-electron chi connectivity index (χ0n) is 10.0. The monoisotopic (exact) mass is 239 g/mol. The van der Waals surface area contributed by atoms with E-state index in [4.69, 9.17) is 4.74 Å². The molecule has 1 aliphatic heterocycles. The summed E-state index contributed by atoms with van der Waals surface area (Å²) in [6.07, 6.45) is 1.99. The molecule has 1 aliphatic rings. The van der Waals surface area contributed by atoms with Gasteiger partial charge in [0.15, 0.2) is 0 Å². The average molecular weight is 239 g/mol. The molecule has 2 rings (SSSR count). The van der Waals surface area contributed by atoms with E-state index in [1.165, 1.54) is 18.2 Å². The van der Waals surface area contributed by atoms with Gasteiger partial charge < -0.3 is 9.84 Å². The molecule has 17 heavy (non-hydrogen) atoms. The molecule has 1 heterocycles. The standard InChI is InChI=1S/C13H18FNO2/c1-15(12-4-6-17-7-5-12)9-10-8-11(14)2-3-13(10)16/h2-3,8,12,16H,4-7,9H2,1H3. The van der Waals surface area contributed by atoms with Gasteiger partial charge in [-0.1, -0.05) is 0 Å². The number of nitrogens with zero attached hydrogens (tertiary/aromatic N) is 1. The van der Waals surface area contributed by atoms with Crippen molar-refractivity contribution in [2.75, 3.05) is 20.3 Å². The molecule has 94 valence electrons. The van der Waals surface area contributed by atoms with Crippen LogP contribution >= 0.6 is 0 Å². The minimum Gasteiger partial charge on any atom is -0.508 e. The van der Waals surface area contributed by atoms with Gasteiger partial charge in [-0.2, -0.15) is 0 Å². The summed E-state index contributed by atoms with van der Waals surface area (Å²) in [6.45, 7) is 2.13. The van der Waals surface area contributed by atoms with Crippen molar-refractivity contribution in [3.05, 3.63) is 29.6 Å². The van der Waals surface area contributed by atoms with Gasteiger partial charge in [0.05, 0.1) is 0 Å². The number of benzene rings is 1. The molecule has 3 nitrogen and oxygen atoms in total. The van der Waals surface area contributed by atoms with Gasteiger partial charge in [0.1, 0.15) is 11.6 Å². The normalized spacial score (nSPS) is 17.6. The van der Waals surface area contributed by atoms with Crippen LogP contribution < -0.4 is 0 Å². The first kappa shape index (κ1) is 12.3. The van der Waals surface area contributed by atoms with Gasteiger partial charge in [-0.3, -0.25) is 4.90 Å². The van der Waals surface area contributed by atoms with E-state index < -0.39 is 0 Å². The minimum atomic E-state index is -0.307. The van der Waals surface area contributed by atoms with E-state index in [0.717, 1.165) is 26.1 Å². The molecule has 4 heteroatoms. The van der Waals surface area contributed by atoms with Crippen molar-refractivity contribution in [2.45, 2.75) is 25.4 Å². The van der Waals surface area contributed by atoms with E-state index in [-0.39, 0.29) is 11.6 Å². The molecular weight excluding hydrogens is 221 g/mol. The highest BCUT2D eigenvalue weighted by atomic mass is 19.1. The van der Waals surface area contributed by atoms with Gasteiger partial charge in [-0.05, 0) is 38.1 Å². The van der Waals surface area contributed by atoms with Crippen LogP contribution in [0.4, 0.5) is 4.39 Å². The Balaban J connectivity index is 2.01. The number of phenols is 1. The number of hydrogen-bond donors (Lipinski definition) is 1. The maximum Gasteiger partial charge on any atom is 0.123 e. The van der Waals surface area contributed by atoms with Crippen molar-refractivity contribution in [1.29, 1.82) is 0 Å². The van der Waals surface area contributed by atoms with Crippen molar-refractivity contribution in [3.63, 3.8) is 0 Å². The van der Waals surface area contributed by atoms with Crippen LogP contribution in [-0.4, -0.2) is 36.3 Å². The summed E-state index contributed by atoms with van der Waals surface area (Å²) < 4.78 is 18.4.